The van der Waals surface area contributed by atoms with Gasteiger partial charge in [-0.15, -0.1) is 0 Å². The molecule has 2 saturated heterocycles. The van der Waals surface area contributed by atoms with Crippen molar-refractivity contribution in [3.63, 3.8) is 0 Å². The van der Waals surface area contributed by atoms with Crippen LogP contribution in [0.5, 0.6) is 5.75 Å². The van der Waals surface area contributed by atoms with Crippen molar-refractivity contribution in [2.24, 2.45) is 0 Å². The standard InChI is InChI=1S/C26H32ClN3O4S/c1-26(2,21-16-19(18-28)25(24(27)17-21)29-12-14-33-15-13-29)20-4-6-22(7-5-20)34-23-8-10-30(11-9-23)35(3,31)32/h4-7,16-17,23H,8-15H2,1-3H3. The Labute approximate surface area is 213 Å². The topological polar surface area (TPSA) is 82.9 Å². The van der Waals surface area contributed by atoms with Crippen LogP contribution in [0.2, 0.25) is 5.02 Å². The lowest BCUT2D eigenvalue weighted by Crippen LogP contribution is -2.41. The first-order valence-electron chi connectivity index (χ1n) is 11.9. The molecule has 0 aromatic heterocycles. The van der Waals surface area contributed by atoms with Gasteiger partial charge < -0.3 is 14.4 Å². The molecule has 0 radical (unpaired) electrons. The molecule has 2 aliphatic heterocycles. The summed E-state index contributed by atoms with van der Waals surface area (Å²) in [7, 11) is -3.15. The Morgan fingerprint density at radius 1 is 1.06 bits per heavy atom. The predicted octanol–water partition coefficient (Wildman–Crippen LogP) is 4.18. The maximum Gasteiger partial charge on any atom is 0.211 e. The van der Waals surface area contributed by atoms with Gasteiger partial charge in [0.05, 0.1) is 35.7 Å². The number of hydrogen-bond donors (Lipinski definition) is 0. The van der Waals surface area contributed by atoms with E-state index in [2.05, 4.69) is 24.8 Å². The Balaban J connectivity index is 1.49. The highest BCUT2D eigenvalue weighted by Crippen LogP contribution is 2.39. The van der Waals surface area contributed by atoms with Crippen molar-refractivity contribution in [3.8, 4) is 11.8 Å². The molecule has 2 aliphatic rings. The number of piperidine rings is 1. The summed E-state index contributed by atoms with van der Waals surface area (Å²) in [5, 5.41) is 10.4. The van der Waals surface area contributed by atoms with Gasteiger partial charge in [0, 0.05) is 31.6 Å². The van der Waals surface area contributed by atoms with Gasteiger partial charge >= 0.3 is 0 Å². The molecule has 2 aromatic rings. The summed E-state index contributed by atoms with van der Waals surface area (Å²) >= 11 is 6.72. The minimum Gasteiger partial charge on any atom is -0.490 e. The maximum absolute atomic E-state index is 11.7. The van der Waals surface area contributed by atoms with Gasteiger partial charge in [-0.1, -0.05) is 37.6 Å². The normalized spacial score (nSPS) is 18.3. The van der Waals surface area contributed by atoms with E-state index in [0.717, 1.165) is 22.6 Å². The van der Waals surface area contributed by atoms with Gasteiger partial charge in [-0.25, -0.2) is 12.7 Å². The molecule has 2 fully saturated rings. The Hall–Kier alpha value is -2.31. The van der Waals surface area contributed by atoms with E-state index in [4.69, 9.17) is 21.1 Å². The van der Waals surface area contributed by atoms with Crippen LogP contribution in [0.1, 0.15) is 43.4 Å². The zero-order valence-corrected chi connectivity index (χ0v) is 22.0. The van der Waals surface area contributed by atoms with Crippen LogP contribution in [0.25, 0.3) is 0 Å². The van der Waals surface area contributed by atoms with E-state index in [0.29, 0.717) is 62.8 Å². The summed E-state index contributed by atoms with van der Waals surface area (Å²) in [6.45, 7) is 7.88. The van der Waals surface area contributed by atoms with Gasteiger partial charge in [0.1, 0.15) is 17.9 Å². The van der Waals surface area contributed by atoms with E-state index in [1.54, 1.807) is 0 Å². The number of sulfonamides is 1. The van der Waals surface area contributed by atoms with Crippen LogP contribution >= 0.6 is 11.6 Å². The molecule has 35 heavy (non-hydrogen) atoms. The molecule has 0 spiro atoms. The molecule has 188 valence electrons. The summed E-state index contributed by atoms with van der Waals surface area (Å²) < 4.78 is 36.5. The van der Waals surface area contributed by atoms with Gasteiger partial charge in [0.2, 0.25) is 10.0 Å². The van der Waals surface area contributed by atoms with Crippen molar-refractivity contribution >= 4 is 27.3 Å². The predicted molar refractivity (Wildman–Crippen MR) is 138 cm³/mol. The highest BCUT2D eigenvalue weighted by molar-refractivity contribution is 7.88. The third-order valence-corrected chi connectivity index (χ3v) is 8.57. The van der Waals surface area contributed by atoms with E-state index in [-0.39, 0.29) is 11.5 Å². The highest BCUT2D eigenvalue weighted by atomic mass is 35.5. The quantitative estimate of drug-likeness (QED) is 0.571. The molecule has 4 rings (SSSR count). The number of morpholine rings is 1. The number of ether oxygens (including phenoxy) is 2. The molecule has 0 aliphatic carbocycles. The number of anilines is 1. The molecule has 0 amide bonds. The third kappa shape index (κ3) is 5.75. The molecule has 7 nitrogen and oxygen atoms in total. The van der Waals surface area contributed by atoms with Gasteiger partial charge in [0.25, 0.3) is 0 Å². The molecule has 2 heterocycles. The molecule has 0 saturated carbocycles. The van der Waals surface area contributed by atoms with Gasteiger partial charge in [-0.05, 0) is 48.2 Å². The molecular formula is C26H32ClN3O4S. The zero-order chi connectivity index (χ0) is 25.2. The number of benzene rings is 2. The number of halogens is 1. The van der Waals surface area contributed by atoms with E-state index in [9.17, 15) is 13.7 Å². The molecular weight excluding hydrogens is 486 g/mol. The van der Waals surface area contributed by atoms with Gasteiger partial charge in [-0.3, -0.25) is 0 Å². The fraction of sp³-hybridized carbons (Fsp3) is 0.500. The maximum atomic E-state index is 11.7. The number of nitrogens with zero attached hydrogens (tertiary/aromatic N) is 3. The lowest BCUT2D eigenvalue weighted by molar-refractivity contribution is 0.122. The van der Waals surface area contributed by atoms with Crippen LogP contribution in [0.15, 0.2) is 36.4 Å². The second kappa shape index (κ2) is 10.4. The van der Waals surface area contributed by atoms with Crippen LogP contribution in [0.4, 0.5) is 5.69 Å². The summed E-state index contributed by atoms with van der Waals surface area (Å²) in [4.78, 5) is 2.12. The third-order valence-electron chi connectivity index (χ3n) is 6.98. The first kappa shape index (κ1) is 25.8. The Kier molecular flexibility index (Phi) is 7.62. The van der Waals surface area contributed by atoms with Crippen molar-refractivity contribution < 1.29 is 17.9 Å². The number of rotatable bonds is 6. The SMILES string of the molecule is CC(C)(c1ccc(OC2CCN(S(C)(=O)=O)CC2)cc1)c1cc(Cl)c(N2CCOCC2)c(C#N)c1. The number of hydrogen-bond acceptors (Lipinski definition) is 6. The molecule has 0 unspecified atom stereocenters. The summed E-state index contributed by atoms with van der Waals surface area (Å²) in [6, 6.07) is 14.2. The highest BCUT2D eigenvalue weighted by Gasteiger charge is 2.28. The van der Waals surface area contributed by atoms with Crippen molar-refractivity contribution in [1.29, 1.82) is 5.26 Å². The average molecular weight is 518 g/mol. The zero-order valence-electron chi connectivity index (χ0n) is 20.5. The lowest BCUT2D eigenvalue weighted by Gasteiger charge is -2.32. The largest absolute Gasteiger partial charge is 0.490 e. The second-order valence-electron chi connectivity index (χ2n) is 9.69. The number of nitriles is 1. The van der Waals surface area contributed by atoms with E-state index >= 15 is 0 Å². The van der Waals surface area contributed by atoms with E-state index < -0.39 is 10.0 Å². The van der Waals surface area contributed by atoms with Crippen LogP contribution in [0.3, 0.4) is 0 Å². The van der Waals surface area contributed by atoms with Gasteiger partial charge in [-0.2, -0.15) is 5.26 Å². The first-order valence-corrected chi connectivity index (χ1v) is 14.1. The summed E-state index contributed by atoms with van der Waals surface area (Å²) in [5.41, 5.74) is 3.03. The van der Waals surface area contributed by atoms with Crippen LogP contribution < -0.4 is 9.64 Å². The fourth-order valence-electron chi connectivity index (χ4n) is 4.74. The van der Waals surface area contributed by atoms with Gasteiger partial charge in [0.15, 0.2) is 0 Å². The summed E-state index contributed by atoms with van der Waals surface area (Å²) in [6.07, 6.45) is 2.59. The molecule has 9 heteroatoms. The minimum atomic E-state index is -3.15. The Bertz CT molecular complexity index is 1190. The minimum absolute atomic E-state index is 0.00316. The van der Waals surface area contributed by atoms with Crippen molar-refractivity contribution in [1.82, 2.24) is 4.31 Å². The fourth-order valence-corrected chi connectivity index (χ4v) is 5.96. The smallest absolute Gasteiger partial charge is 0.211 e. The monoisotopic (exact) mass is 517 g/mol. The Morgan fingerprint density at radius 2 is 1.69 bits per heavy atom. The average Bonchev–Trinajstić information content (AvgIpc) is 2.84. The lowest BCUT2D eigenvalue weighted by atomic mass is 9.77. The first-order chi connectivity index (χ1) is 16.6. The molecule has 0 bridgehead atoms. The molecule has 0 atom stereocenters. The van der Waals surface area contributed by atoms with Crippen LogP contribution in [-0.2, 0) is 20.2 Å². The Morgan fingerprint density at radius 3 is 2.26 bits per heavy atom. The second-order valence-corrected chi connectivity index (χ2v) is 12.1. The molecule has 0 N–H and O–H groups in total. The van der Waals surface area contributed by atoms with Crippen LogP contribution in [0, 0.1) is 11.3 Å². The summed E-state index contributed by atoms with van der Waals surface area (Å²) in [5.74, 6) is 0.765. The van der Waals surface area contributed by atoms with Crippen LogP contribution in [-0.4, -0.2) is 64.5 Å². The van der Waals surface area contributed by atoms with E-state index in [1.165, 1.54) is 10.6 Å². The van der Waals surface area contributed by atoms with Crippen molar-refractivity contribution in [2.45, 2.75) is 38.2 Å². The van der Waals surface area contributed by atoms with Crippen molar-refractivity contribution in [2.75, 3.05) is 50.5 Å². The van der Waals surface area contributed by atoms with Crippen molar-refractivity contribution in [3.05, 3.63) is 58.1 Å². The van der Waals surface area contributed by atoms with E-state index in [1.807, 2.05) is 36.4 Å². The molecule has 2 aromatic carbocycles.